The molecule has 0 radical (unpaired) electrons. The van der Waals surface area contributed by atoms with Crippen LogP contribution >= 0.6 is 11.6 Å². The number of imidazole rings is 1. The molecule has 0 spiro atoms. The molecule has 1 aromatic carbocycles. The molecule has 1 heterocycles. The van der Waals surface area contributed by atoms with E-state index in [4.69, 9.17) is 21.6 Å². The lowest BCUT2D eigenvalue weighted by atomic mass is 9.83. The average molecular weight is 403 g/mol. The van der Waals surface area contributed by atoms with E-state index in [1.165, 1.54) is 12.1 Å². The molecule has 1 aromatic heterocycles. The number of aromatic nitrogens is 2. The number of carbonyl (C=O) groups is 1. The first-order chi connectivity index (χ1) is 13.4. The number of carbonyl (C=O) groups excluding carboxylic acids is 1. The van der Waals surface area contributed by atoms with Crippen molar-refractivity contribution in [1.82, 2.24) is 14.9 Å². The minimum atomic E-state index is -0.489. The van der Waals surface area contributed by atoms with Crippen LogP contribution in [0.1, 0.15) is 19.3 Å². The van der Waals surface area contributed by atoms with E-state index < -0.39 is 5.82 Å². The number of nitrogens with zero attached hydrogens (tertiary/aromatic N) is 3. The fourth-order valence-electron chi connectivity index (χ4n) is 2.85. The predicted octanol–water partition coefficient (Wildman–Crippen LogP) is 3.68. The molecule has 2 aromatic rings. The lowest BCUT2D eigenvalue weighted by Crippen LogP contribution is -2.35. The minimum Gasteiger partial charge on any atom is -0.368 e. The fourth-order valence-corrected chi connectivity index (χ4v) is 2.96. The molecule has 0 saturated heterocycles. The van der Waals surface area contributed by atoms with Gasteiger partial charge in [0.25, 0.3) is 0 Å². The third-order valence-electron chi connectivity index (χ3n) is 4.56. The van der Waals surface area contributed by atoms with Gasteiger partial charge in [-0.3, -0.25) is 4.79 Å². The summed E-state index contributed by atoms with van der Waals surface area (Å²) in [5.41, 5.74) is 1.85. The third kappa shape index (κ3) is 5.18. The van der Waals surface area contributed by atoms with Crippen LogP contribution in [-0.2, 0) is 16.1 Å². The van der Waals surface area contributed by atoms with Crippen molar-refractivity contribution in [2.75, 3.05) is 6.61 Å². The maximum Gasteiger partial charge on any atom is 0.250 e. The van der Waals surface area contributed by atoms with E-state index in [0.29, 0.717) is 42.8 Å². The summed E-state index contributed by atoms with van der Waals surface area (Å²) >= 11 is 5.70. The van der Waals surface area contributed by atoms with Gasteiger partial charge in [-0.1, -0.05) is 24.2 Å². The largest absolute Gasteiger partial charge is 0.368 e. The number of rotatable bonds is 8. The highest BCUT2D eigenvalue weighted by atomic mass is 35.5. The Morgan fingerprint density at radius 3 is 3.00 bits per heavy atom. The molecule has 1 N–H and O–H groups in total. The van der Waals surface area contributed by atoms with Crippen LogP contribution in [0.2, 0.25) is 5.02 Å². The van der Waals surface area contributed by atoms with Gasteiger partial charge in [0.15, 0.2) is 0 Å². The second-order valence-electron chi connectivity index (χ2n) is 6.76. The van der Waals surface area contributed by atoms with Crippen molar-refractivity contribution >= 4 is 17.5 Å². The predicted molar refractivity (Wildman–Crippen MR) is 103 cm³/mol. The van der Waals surface area contributed by atoms with E-state index >= 15 is 0 Å². The zero-order valence-electron chi connectivity index (χ0n) is 15.2. The van der Waals surface area contributed by atoms with Gasteiger partial charge in [0, 0.05) is 30.4 Å². The van der Waals surface area contributed by atoms with Crippen molar-refractivity contribution in [3.05, 3.63) is 53.8 Å². The average Bonchev–Trinajstić information content (AvgIpc) is 3.10. The molecule has 0 atom stereocenters. The van der Waals surface area contributed by atoms with Crippen LogP contribution in [0.4, 0.5) is 4.39 Å². The highest BCUT2D eigenvalue weighted by Crippen LogP contribution is 2.29. The molecule has 6 nitrogen and oxygen atoms in total. The molecule has 3 rings (SSSR count). The molecule has 1 aliphatic carbocycles. The molecule has 8 heteroatoms. The number of amides is 1. The van der Waals surface area contributed by atoms with Crippen molar-refractivity contribution in [2.24, 2.45) is 5.92 Å². The molecule has 1 fully saturated rings. The molecule has 0 unspecified atom stereocenters. The Morgan fingerprint density at radius 1 is 1.50 bits per heavy atom. The normalized spacial score (nSPS) is 18.2. The number of hydrogen-bond acceptors (Lipinski definition) is 4. The first kappa shape index (κ1) is 20.1. The van der Waals surface area contributed by atoms with Gasteiger partial charge in [0.2, 0.25) is 5.91 Å². The number of halogens is 2. The van der Waals surface area contributed by atoms with Crippen molar-refractivity contribution in [2.45, 2.75) is 31.9 Å². The summed E-state index contributed by atoms with van der Waals surface area (Å²) in [4.78, 5) is 16.1. The number of hydrogen-bond donors (Lipinski definition) is 1. The van der Waals surface area contributed by atoms with Crippen LogP contribution in [-0.4, -0.2) is 28.2 Å². The van der Waals surface area contributed by atoms with Crippen LogP contribution in [0, 0.1) is 23.1 Å². The van der Waals surface area contributed by atoms with E-state index in [1.54, 1.807) is 18.6 Å². The van der Waals surface area contributed by atoms with Gasteiger partial charge in [0.1, 0.15) is 12.4 Å². The lowest BCUT2D eigenvalue weighted by molar-refractivity contribution is -0.129. The van der Waals surface area contributed by atoms with Crippen molar-refractivity contribution in [1.29, 1.82) is 5.26 Å². The number of benzene rings is 1. The second-order valence-corrected chi connectivity index (χ2v) is 7.16. The monoisotopic (exact) mass is 402 g/mol. The molecule has 0 bridgehead atoms. The van der Waals surface area contributed by atoms with Gasteiger partial charge in [0.05, 0.1) is 35.1 Å². The Hall–Kier alpha value is -2.69. The number of nitriles is 1. The van der Waals surface area contributed by atoms with E-state index in [-0.39, 0.29) is 29.6 Å². The molecule has 1 saturated carbocycles. The third-order valence-corrected chi connectivity index (χ3v) is 4.87. The van der Waals surface area contributed by atoms with Crippen LogP contribution in [0.5, 0.6) is 0 Å². The molecule has 0 aliphatic heterocycles. The van der Waals surface area contributed by atoms with Crippen LogP contribution in [0.25, 0.3) is 11.3 Å². The summed E-state index contributed by atoms with van der Waals surface area (Å²) in [6.07, 6.45) is 5.32. The number of ether oxygens (including phenoxy) is 1. The molecule has 146 valence electrons. The lowest BCUT2D eigenvalue weighted by Gasteiger charge is -2.30. The minimum absolute atomic E-state index is 0.00857. The van der Waals surface area contributed by atoms with Gasteiger partial charge in [-0.15, -0.1) is 0 Å². The topological polar surface area (TPSA) is 79.9 Å². The highest BCUT2D eigenvalue weighted by molar-refractivity contribution is 6.30. The van der Waals surface area contributed by atoms with Gasteiger partial charge in [-0.05, 0) is 25.0 Å². The fraction of sp³-hybridized carbons (Fsp3) is 0.350. The molecule has 1 amide bonds. The van der Waals surface area contributed by atoms with Gasteiger partial charge in [-0.2, -0.15) is 5.26 Å². The van der Waals surface area contributed by atoms with Crippen LogP contribution in [0.3, 0.4) is 0 Å². The van der Waals surface area contributed by atoms with Crippen LogP contribution in [0.15, 0.2) is 43.0 Å². The Morgan fingerprint density at radius 2 is 2.29 bits per heavy atom. The number of allylic oxidation sites excluding steroid dienone is 1. The Kier molecular flexibility index (Phi) is 6.45. The molecule has 1 aliphatic rings. The van der Waals surface area contributed by atoms with E-state index in [1.807, 2.05) is 4.57 Å². The van der Waals surface area contributed by atoms with E-state index in [9.17, 15) is 9.18 Å². The van der Waals surface area contributed by atoms with Crippen molar-refractivity contribution in [3.8, 4) is 17.3 Å². The number of nitrogens with one attached hydrogen (secondary N) is 1. The summed E-state index contributed by atoms with van der Waals surface area (Å²) in [6.45, 7) is 4.38. The maximum absolute atomic E-state index is 13.6. The summed E-state index contributed by atoms with van der Waals surface area (Å²) in [5, 5.41) is 11.5. The zero-order valence-corrected chi connectivity index (χ0v) is 16.0. The van der Waals surface area contributed by atoms with E-state index in [2.05, 4.69) is 22.9 Å². The second kappa shape index (κ2) is 9.00. The van der Waals surface area contributed by atoms with Crippen LogP contribution < -0.4 is 5.32 Å². The molecule has 28 heavy (non-hydrogen) atoms. The first-order valence-corrected chi connectivity index (χ1v) is 9.28. The SMILES string of the molecule is C=C(CCn1cnc(-c2ccc(Cl)c(F)c2)c1)NC(=O)CO[C@H]1C[C@H](C#N)C1. The number of aryl methyl sites for hydroxylation is 1. The van der Waals surface area contributed by atoms with E-state index in [0.717, 1.165) is 0 Å². The van der Waals surface area contributed by atoms with Gasteiger partial charge in [-0.25, -0.2) is 9.37 Å². The quantitative estimate of drug-likeness (QED) is 0.730. The molecular weight excluding hydrogens is 383 g/mol. The Labute approximate surface area is 167 Å². The highest BCUT2D eigenvalue weighted by Gasteiger charge is 2.30. The summed E-state index contributed by atoms with van der Waals surface area (Å²) in [5.74, 6) is -0.696. The smallest absolute Gasteiger partial charge is 0.250 e. The standard InChI is InChI=1S/C20H20ClFN4O2/c1-13(25-20(27)11-28-16-6-14(7-16)9-23)4-5-26-10-19(24-12-26)15-2-3-17(21)18(22)8-15/h2-3,8,10,12,14,16H,1,4-7,11H2,(H,25,27)/t14-,16-. The van der Waals surface area contributed by atoms with Gasteiger partial charge < -0.3 is 14.6 Å². The molecular formula is C20H20ClFN4O2. The maximum atomic E-state index is 13.6. The van der Waals surface area contributed by atoms with Crippen molar-refractivity contribution < 1.29 is 13.9 Å². The van der Waals surface area contributed by atoms with Crippen molar-refractivity contribution in [3.63, 3.8) is 0 Å². The Balaban J connectivity index is 1.41. The van der Waals surface area contributed by atoms with Gasteiger partial charge >= 0.3 is 0 Å². The summed E-state index contributed by atoms with van der Waals surface area (Å²) < 4.78 is 20.9. The zero-order chi connectivity index (χ0) is 20.1. The summed E-state index contributed by atoms with van der Waals surface area (Å²) in [7, 11) is 0. The first-order valence-electron chi connectivity index (χ1n) is 8.90. The Bertz CT molecular complexity index is 915. The summed E-state index contributed by atoms with van der Waals surface area (Å²) in [6, 6.07) is 6.72.